The van der Waals surface area contributed by atoms with Crippen molar-refractivity contribution < 1.29 is 24.2 Å². The zero-order chi connectivity index (χ0) is 24.0. The Morgan fingerprint density at radius 1 is 1.00 bits per heavy atom. The summed E-state index contributed by atoms with van der Waals surface area (Å²) in [6.07, 6.45) is 0.437. The third-order valence-electron chi connectivity index (χ3n) is 6.61. The largest absolute Gasteiger partial charge is 0.481 e. The molecule has 1 aliphatic rings. The molecule has 0 saturated heterocycles. The van der Waals surface area contributed by atoms with Crippen LogP contribution in [0.1, 0.15) is 57.1 Å². The van der Waals surface area contributed by atoms with Crippen molar-refractivity contribution in [2.45, 2.75) is 51.5 Å². The van der Waals surface area contributed by atoms with Gasteiger partial charge in [-0.1, -0.05) is 69.3 Å². The zero-order valence-electron chi connectivity index (χ0n) is 19.4. The number of carbonyl (C=O) groups is 3. The minimum Gasteiger partial charge on any atom is -0.481 e. The number of nitrogens with one attached hydrogen (secondary N) is 2. The highest BCUT2D eigenvalue weighted by Crippen LogP contribution is 2.44. The number of rotatable bonds is 10. The second kappa shape index (κ2) is 10.5. The molecule has 0 saturated carbocycles. The van der Waals surface area contributed by atoms with Gasteiger partial charge < -0.3 is 20.5 Å². The van der Waals surface area contributed by atoms with E-state index in [0.29, 0.717) is 19.3 Å². The molecule has 0 radical (unpaired) electrons. The standard InChI is InChI=1S/C26H32N2O5/c1-4-26(5-2,24(31)27-15-14-17(3)23(29)30)28-25(32)33-16-22-20-12-8-6-10-18(20)19-11-7-9-13-21(19)22/h6-13,17,22H,4-5,14-16H2,1-3H3,(H,27,31)(H,28,32)(H,29,30). The van der Waals surface area contributed by atoms with Crippen molar-refractivity contribution in [1.82, 2.24) is 10.6 Å². The van der Waals surface area contributed by atoms with Crippen molar-refractivity contribution in [2.75, 3.05) is 13.2 Å². The Morgan fingerprint density at radius 2 is 1.55 bits per heavy atom. The molecule has 2 aromatic rings. The lowest BCUT2D eigenvalue weighted by Crippen LogP contribution is -2.58. The van der Waals surface area contributed by atoms with Crippen molar-refractivity contribution in [1.29, 1.82) is 0 Å². The van der Waals surface area contributed by atoms with Gasteiger partial charge in [0.1, 0.15) is 12.1 Å². The average molecular weight is 453 g/mol. The van der Waals surface area contributed by atoms with Gasteiger partial charge in [-0.15, -0.1) is 0 Å². The fraction of sp³-hybridized carbons (Fsp3) is 0.423. The average Bonchev–Trinajstić information content (AvgIpc) is 3.14. The molecule has 33 heavy (non-hydrogen) atoms. The van der Waals surface area contributed by atoms with Crippen molar-refractivity contribution in [3.8, 4) is 11.1 Å². The van der Waals surface area contributed by atoms with Crippen LogP contribution in [0.2, 0.25) is 0 Å². The number of amides is 2. The molecule has 176 valence electrons. The van der Waals surface area contributed by atoms with Crippen molar-refractivity contribution in [3.63, 3.8) is 0 Å². The highest BCUT2D eigenvalue weighted by atomic mass is 16.5. The van der Waals surface area contributed by atoms with Crippen LogP contribution in [-0.4, -0.2) is 41.8 Å². The fourth-order valence-electron chi connectivity index (χ4n) is 4.33. The second-order valence-corrected chi connectivity index (χ2v) is 8.52. The Balaban J connectivity index is 1.63. The molecule has 2 aromatic carbocycles. The normalized spacial score (nSPS) is 13.5. The quantitative estimate of drug-likeness (QED) is 0.498. The number of carboxylic acids is 1. The number of carboxylic acid groups (broad SMARTS) is 1. The van der Waals surface area contributed by atoms with Crippen LogP contribution in [0.15, 0.2) is 48.5 Å². The second-order valence-electron chi connectivity index (χ2n) is 8.52. The first kappa shape index (κ1) is 24.3. The molecule has 0 spiro atoms. The van der Waals surface area contributed by atoms with Crippen LogP contribution >= 0.6 is 0 Å². The van der Waals surface area contributed by atoms with Crippen molar-refractivity contribution >= 4 is 18.0 Å². The number of benzene rings is 2. The van der Waals surface area contributed by atoms with E-state index in [-0.39, 0.29) is 25.0 Å². The lowest BCUT2D eigenvalue weighted by Gasteiger charge is -2.31. The number of fused-ring (bicyclic) bond motifs is 3. The lowest BCUT2D eigenvalue weighted by molar-refractivity contribution is -0.141. The van der Waals surface area contributed by atoms with E-state index in [4.69, 9.17) is 9.84 Å². The molecule has 7 heteroatoms. The minimum atomic E-state index is -1.12. The Labute approximate surface area is 194 Å². The van der Waals surface area contributed by atoms with Gasteiger partial charge in [0.25, 0.3) is 0 Å². The number of hydrogen-bond acceptors (Lipinski definition) is 4. The van der Waals surface area contributed by atoms with Crippen LogP contribution in [0.5, 0.6) is 0 Å². The van der Waals surface area contributed by atoms with Crippen LogP contribution in [0.3, 0.4) is 0 Å². The monoisotopic (exact) mass is 452 g/mol. The van der Waals surface area contributed by atoms with E-state index in [1.807, 2.05) is 38.1 Å². The maximum atomic E-state index is 12.9. The van der Waals surface area contributed by atoms with E-state index in [2.05, 4.69) is 34.9 Å². The van der Waals surface area contributed by atoms with Gasteiger partial charge in [-0.05, 0) is 41.5 Å². The molecule has 0 heterocycles. The van der Waals surface area contributed by atoms with E-state index in [1.54, 1.807) is 6.92 Å². The number of ether oxygens (including phenoxy) is 1. The highest BCUT2D eigenvalue weighted by molar-refractivity contribution is 5.90. The van der Waals surface area contributed by atoms with Gasteiger partial charge in [-0.2, -0.15) is 0 Å². The van der Waals surface area contributed by atoms with E-state index in [0.717, 1.165) is 22.3 Å². The first-order chi connectivity index (χ1) is 15.8. The Bertz CT molecular complexity index is 970. The summed E-state index contributed by atoms with van der Waals surface area (Å²) in [4.78, 5) is 36.6. The molecule has 0 bridgehead atoms. The molecule has 0 aromatic heterocycles. The Kier molecular flexibility index (Phi) is 7.74. The fourth-order valence-corrected chi connectivity index (χ4v) is 4.33. The Hall–Kier alpha value is -3.35. The molecule has 1 unspecified atom stereocenters. The number of alkyl carbamates (subject to hydrolysis) is 1. The number of aliphatic carboxylic acids is 1. The molecule has 1 aliphatic carbocycles. The van der Waals surface area contributed by atoms with Gasteiger partial charge in [0.15, 0.2) is 0 Å². The molecule has 2 amide bonds. The third kappa shape index (κ3) is 5.18. The molecule has 3 rings (SSSR count). The van der Waals surface area contributed by atoms with Crippen LogP contribution < -0.4 is 10.6 Å². The van der Waals surface area contributed by atoms with Gasteiger partial charge in [0, 0.05) is 12.5 Å². The number of carbonyl (C=O) groups excluding carboxylic acids is 2. The van der Waals surface area contributed by atoms with E-state index in [9.17, 15) is 14.4 Å². The highest BCUT2D eigenvalue weighted by Gasteiger charge is 2.37. The van der Waals surface area contributed by atoms with Crippen molar-refractivity contribution in [2.24, 2.45) is 5.92 Å². The van der Waals surface area contributed by atoms with Crippen LogP contribution in [0.25, 0.3) is 11.1 Å². The summed E-state index contributed by atoms with van der Waals surface area (Å²) in [5, 5.41) is 14.5. The lowest BCUT2D eigenvalue weighted by atomic mass is 9.91. The van der Waals surface area contributed by atoms with Crippen molar-refractivity contribution in [3.05, 3.63) is 59.7 Å². The van der Waals surface area contributed by atoms with E-state index < -0.39 is 23.5 Å². The molecular formula is C26H32N2O5. The summed E-state index contributed by atoms with van der Waals surface area (Å²) in [6, 6.07) is 16.2. The molecule has 0 fully saturated rings. The first-order valence-electron chi connectivity index (χ1n) is 11.5. The maximum absolute atomic E-state index is 12.9. The predicted octanol–water partition coefficient (Wildman–Crippen LogP) is 4.31. The predicted molar refractivity (Wildman–Crippen MR) is 126 cm³/mol. The number of hydrogen-bond donors (Lipinski definition) is 3. The molecule has 0 aliphatic heterocycles. The van der Waals surface area contributed by atoms with Gasteiger partial charge in [-0.3, -0.25) is 9.59 Å². The van der Waals surface area contributed by atoms with Gasteiger partial charge in [0.05, 0.1) is 5.92 Å². The Morgan fingerprint density at radius 3 is 2.06 bits per heavy atom. The topological polar surface area (TPSA) is 105 Å². The van der Waals surface area contributed by atoms with Crippen LogP contribution in [0, 0.1) is 5.92 Å². The zero-order valence-corrected chi connectivity index (χ0v) is 19.4. The van der Waals surface area contributed by atoms with Crippen LogP contribution in [-0.2, 0) is 14.3 Å². The summed E-state index contributed by atoms with van der Waals surface area (Å²) < 4.78 is 5.62. The summed E-state index contributed by atoms with van der Waals surface area (Å²) in [5.41, 5.74) is 3.42. The first-order valence-corrected chi connectivity index (χ1v) is 11.5. The minimum absolute atomic E-state index is 0.0628. The maximum Gasteiger partial charge on any atom is 0.408 e. The molecular weight excluding hydrogens is 420 g/mol. The van der Waals surface area contributed by atoms with Gasteiger partial charge >= 0.3 is 12.1 Å². The van der Waals surface area contributed by atoms with Gasteiger partial charge in [-0.25, -0.2) is 4.79 Å². The van der Waals surface area contributed by atoms with Crippen LogP contribution in [0.4, 0.5) is 4.79 Å². The molecule has 3 N–H and O–H groups in total. The third-order valence-corrected chi connectivity index (χ3v) is 6.61. The molecule has 1 atom stereocenters. The summed E-state index contributed by atoms with van der Waals surface area (Å²) >= 11 is 0. The van der Waals surface area contributed by atoms with E-state index in [1.165, 1.54) is 0 Å². The SMILES string of the molecule is CCC(CC)(NC(=O)OCC1c2ccccc2-c2ccccc21)C(=O)NCCC(C)C(=O)O. The van der Waals surface area contributed by atoms with Gasteiger partial charge in [0.2, 0.25) is 5.91 Å². The van der Waals surface area contributed by atoms with E-state index >= 15 is 0 Å². The summed E-state index contributed by atoms with van der Waals surface area (Å²) in [5.74, 6) is -1.86. The summed E-state index contributed by atoms with van der Waals surface area (Å²) in [6.45, 7) is 5.64. The molecule has 7 nitrogen and oxygen atoms in total. The smallest absolute Gasteiger partial charge is 0.408 e. The summed E-state index contributed by atoms with van der Waals surface area (Å²) in [7, 11) is 0.